The van der Waals surface area contributed by atoms with Gasteiger partial charge < -0.3 is 5.32 Å². The molecule has 3 heteroatoms. The van der Waals surface area contributed by atoms with E-state index in [4.69, 9.17) is 0 Å². The fraction of sp³-hybridized carbons (Fsp3) is 0.700. The van der Waals surface area contributed by atoms with Gasteiger partial charge in [0.2, 0.25) is 0 Å². The van der Waals surface area contributed by atoms with Crippen molar-refractivity contribution in [2.24, 2.45) is 5.41 Å². The third-order valence-electron chi connectivity index (χ3n) is 2.04. The summed E-state index contributed by atoms with van der Waals surface area (Å²) in [5, 5.41) is 6.61. The van der Waals surface area contributed by atoms with Crippen LogP contribution in [0.2, 0.25) is 0 Å². The zero-order valence-corrected chi connectivity index (χ0v) is 9.83. The molecule has 2 nitrogen and oxygen atoms in total. The number of rotatable bonds is 2. The largest absolute Gasteiger partial charge is 0.311 e. The third kappa shape index (κ3) is 2.51. The summed E-state index contributed by atoms with van der Waals surface area (Å²) in [7, 11) is 1.99. The van der Waals surface area contributed by atoms with Crippen LogP contribution in [0.5, 0.6) is 0 Å². The van der Waals surface area contributed by atoms with Crippen molar-refractivity contribution in [2.45, 2.75) is 33.7 Å². The predicted molar refractivity (Wildman–Crippen MR) is 58.1 cm³/mol. The Hall–Kier alpha value is -0.410. The van der Waals surface area contributed by atoms with Crippen molar-refractivity contribution in [2.75, 3.05) is 7.05 Å². The summed E-state index contributed by atoms with van der Waals surface area (Å²) in [5.74, 6) is 0. The van der Waals surface area contributed by atoms with Crippen LogP contribution in [0.25, 0.3) is 0 Å². The topological polar surface area (TPSA) is 24.9 Å². The van der Waals surface area contributed by atoms with Crippen molar-refractivity contribution in [3.8, 4) is 0 Å². The number of nitrogens with one attached hydrogen (secondary N) is 1. The molecular formula is C10H18N2S. The first-order valence-corrected chi connectivity index (χ1v) is 5.42. The highest BCUT2D eigenvalue weighted by Gasteiger charge is 2.26. The zero-order valence-electron chi connectivity index (χ0n) is 9.01. The van der Waals surface area contributed by atoms with Crippen LogP contribution in [0.4, 0.5) is 0 Å². The van der Waals surface area contributed by atoms with Gasteiger partial charge in [-0.25, -0.2) is 4.98 Å². The molecule has 0 amide bonds. The van der Waals surface area contributed by atoms with Crippen molar-refractivity contribution in [1.29, 1.82) is 0 Å². The van der Waals surface area contributed by atoms with E-state index in [2.05, 4.69) is 36.5 Å². The standard InChI is InChI=1S/C10H18N2S/c1-7-6-13-9(12-7)8(11-5)10(2,3)4/h6,8,11H,1-5H3. The van der Waals surface area contributed by atoms with Crippen LogP contribution >= 0.6 is 11.3 Å². The highest BCUT2D eigenvalue weighted by molar-refractivity contribution is 7.09. The van der Waals surface area contributed by atoms with Gasteiger partial charge >= 0.3 is 0 Å². The minimum atomic E-state index is 0.221. The van der Waals surface area contributed by atoms with Crippen LogP contribution in [-0.2, 0) is 0 Å². The zero-order chi connectivity index (χ0) is 10.1. The molecule has 1 N–H and O–H groups in total. The summed E-state index contributed by atoms with van der Waals surface area (Å²) >= 11 is 1.74. The Morgan fingerprint density at radius 1 is 1.46 bits per heavy atom. The van der Waals surface area contributed by atoms with Crippen molar-refractivity contribution < 1.29 is 0 Å². The second kappa shape index (κ2) is 3.76. The van der Waals surface area contributed by atoms with Crippen LogP contribution < -0.4 is 5.32 Å². The van der Waals surface area contributed by atoms with Gasteiger partial charge in [-0.05, 0) is 19.4 Å². The summed E-state index contributed by atoms with van der Waals surface area (Å²) in [5.41, 5.74) is 1.34. The van der Waals surface area contributed by atoms with Crippen molar-refractivity contribution in [1.82, 2.24) is 10.3 Å². The summed E-state index contributed by atoms with van der Waals surface area (Å²) < 4.78 is 0. The second-order valence-electron chi connectivity index (χ2n) is 4.41. The highest BCUT2D eigenvalue weighted by Crippen LogP contribution is 2.33. The second-order valence-corrected chi connectivity index (χ2v) is 5.30. The van der Waals surface area contributed by atoms with E-state index in [1.54, 1.807) is 11.3 Å². The lowest BCUT2D eigenvalue weighted by atomic mass is 9.87. The van der Waals surface area contributed by atoms with E-state index in [0.29, 0.717) is 6.04 Å². The summed E-state index contributed by atoms with van der Waals surface area (Å²) in [6.45, 7) is 8.72. The molecule has 0 aromatic carbocycles. The Bertz CT molecular complexity index is 273. The molecule has 1 unspecified atom stereocenters. The Kier molecular flexibility index (Phi) is 3.09. The lowest BCUT2D eigenvalue weighted by Crippen LogP contribution is -2.29. The average molecular weight is 198 g/mol. The van der Waals surface area contributed by atoms with Crippen LogP contribution in [0.3, 0.4) is 0 Å². The maximum atomic E-state index is 4.50. The normalized spacial score (nSPS) is 14.5. The lowest BCUT2D eigenvalue weighted by Gasteiger charge is -2.28. The van der Waals surface area contributed by atoms with Gasteiger partial charge in [-0.2, -0.15) is 0 Å². The molecule has 0 fully saturated rings. The van der Waals surface area contributed by atoms with Crippen molar-refractivity contribution >= 4 is 11.3 Å². The number of thiazole rings is 1. The molecule has 1 rings (SSSR count). The van der Waals surface area contributed by atoms with Gasteiger partial charge in [0.1, 0.15) is 5.01 Å². The molecule has 0 aliphatic heterocycles. The number of hydrogen-bond acceptors (Lipinski definition) is 3. The van der Waals surface area contributed by atoms with Crippen LogP contribution in [0, 0.1) is 12.3 Å². The van der Waals surface area contributed by atoms with E-state index in [0.717, 1.165) is 5.69 Å². The van der Waals surface area contributed by atoms with Gasteiger partial charge in [0, 0.05) is 11.1 Å². The monoisotopic (exact) mass is 198 g/mol. The Balaban J connectivity index is 2.91. The maximum absolute atomic E-state index is 4.50. The van der Waals surface area contributed by atoms with Crippen molar-refractivity contribution in [3.05, 3.63) is 16.1 Å². The fourth-order valence-electron chi connectivity index (χ4n) is 1.43. The van der Waals surface area contributed by atoms with Crippen LogP contribution in [0.1, 0.15) is 37.5 Å². The molecule has 1 heterocycles. The SMILES string of the molecule is CNC(c1nc(C)cs1)C(C)(C)C. The average Bonchev–Trinajstić information content (AvgIpc) is 2.34. The molecule has 0 radical (unpaired) electrons. The van der Waals surface area contributed by atoms with E-state index < -0.39 is 0 Å². The van der Waals surface area contributed by atoms with Gasteiger partial charge in [0.05, 0.1) is 6.04 Å². The number of nitrogens with zero attached hydrogens (tertiary/aromatic N) is 1. The third-order valence-corrected chi connectivity index (χ3v) is 3.07. The Morgan fingerprint density at radius 3 is 2.38 bits per heavy atom. The first-order valence-electron chi connectivity index (χ1n) is 4.54. The molecule has 0 spiro atoms. The first-order chi connectivity index (χ1) is 5.95. The van der Waals surface area contributed by atoms with E-state index in [-0.39, 0.29) is 5.41 Å². The smallest absolute Gasteiger partial charge is 0.110 e. The molecule has 13 heavy (non-hydrogen) atoms. The molecular weight excluding hydrogens is 180 g/mol. The fourth-order valence-corrected chi connectivity index (χ4v) is 2.58. The minimum absolute atomic E-state index is 0.221. The maximum Gasteiger partial charge on any atom is 0.110 e. The van der Waals surface area contributed by atoms with Crippen LogP contribution in [0.15, 0.2) is 5.38 Å². The van der Waals surface area contributed by atoms with Gasteiger partial charge in [-0.1, -0.05) is 20.8 Å². The molecule has 0 saturated carbocycles. The summed E-state index contributed by atoms with van der Waals surface area (Å²) in [4.78, 5) is 4.50. The first kappa shape index (κ1) is 10.7. The minimum Gasteiger partial charge on any atom is -0.311 e. The lowest BCUT2D eigenvalue weighted by molar-refractivity contribution is 0.286. The van der Waals surface area contributed by atoms with E-state index in [9.17, 15) is 0 Å². The van der Waals surface area contributed by atoms with Crippen molar-refractivity contribution in [3.63, 3.8) is 0 Å². The van der Waals surface area contributed by atoms with Gasteiger partial charge in [0.15, 0.2) is 0 Å². The molecule has 1 aromatic rings. The molecule has 1 atom stereocenters. The molecule has 0 aliphatic rings. The highest BCUT2D eigenvalue weighted by atomic mass is 32.1. The van der Waals surface area contributed by atoms with Gasteiger partial charge in [-0.15, -0.1) is 11.3 Å². The number of aromatic nitrogens is 1. The predicted octanol–water partition coefficient (Wildman–Crippen LogP) is 2.76. The van der Waals surface area contributed by atoms with Gasteiger partial charge in [-0.3, -0.25) is 0 Å². The molecule has 0 bridgehead atoms. The van der Waals surface area contributed by atoms with Gasteiger partial charge in [0.25, 0.3) is 0 Å². The Labute approximate surface area is 84.4 Å². The van der Waals surface area contributed by atoms with Crippen LogP contribution in [-0.4, -0.2) is 12.0 Å². The Morgan fingerprint density at radius 2 is 2.08 bits per heavy atom. The van der Waals surface area contributed by atoms with E-state index in [1.165, 1.54) is 5.01 Å². The summed E-state index contributed by atoms with van der Waals surface area (Å²) in [6.07, 6.45) is 0. The van der Waals surface area contributed by atoms with E-state index in [1.807, 2.05) is 14.0 Å². The molecule has 0 saturated heterocycles. The molecule has 74 valence electrons. The number of hydrogen-bond donors (Lipinski definition) is 1. The quantitative estimate of drug-likeness (QED) is 0.790. The van der Waals surface area contributed by atoms with E-state index >= 15 is 0 Å². The molecule has 0 aliphatic carbocycles. The number of aryl methyl sites for hydroxylation is 1. The molecule has 1 aromatic heterocycles. The summed E-state index contributed by atoms with van der Waals surface area (Å²) in [6, 6.07) is 0.353.